The molecule has 2 N–H and O–H groups in total. The van der Waals surface area contributed by atoms with Gasteiger partial charge in [-0.2, -0.15) is 0 Å². The van der Waals surface area contributed by atoms with Gasteiger partial charge in [0.05, 0.1) is 12.2 Å². The van der Waals surface area contributed by atoms with E-state index in [0.717, 1.165) is 31.6 Å². The number of hydrogen-bond acceptors (Lipinski definition) is 4. The largest absolute Gasteiger partial charge is 0.383 e. The summed E-state index contributed by atoms with van der Waals surface area (Å²) in [5, 5.41) is 5.55. The molecular weight excluding hydrogens is 342 g/mol. The molecule has 138 valence electrons. The number of benzene rings is 1. The van der Waals surface area contributed by atoms with Crippen LogP contribution in [-0.2, 0) is 9.53 Å². The Bertz CT molecular complexity index is 601. The average Bonchev–Trinajstić information content (AvgIpc) is 2.62. The standard InChI is InChI=1S/C18H26ClN3O3/c1-13-5-8-22(9-6-13)16-4-3-14(21-17(23)12-19)11-15(16)18(24)20-7-10-25-2/h3-4,11,13H,5-10,12H2,1-2H3,(H,20,24)(H,21,23). The molecule has 0 aliphatic carbocycles. The number of ether oxygens (including phenoxy) is 1. The summed E-state index contributed by atoms with van der Waals surface area (Å²) in [5.74, 6) is 0.110. The number of amides is 2. The Kier molecular flexibility index (Phi) is 7.52. The Morgan fingerprint density at radius 3 is 2.68 bits per heavy atom. The minimum atomic E-state index is -0.299. The summed E-state index contributed by atoms with van der Waals surface area (Å²) in [7, 11) is 1.59. The van der Waals surface area contributed by atoms with Crippen molar-refractivity contribution >= 4 is 34.8 Å². The monoisotopic (exact) mass is 367 g/mol. The molecule has 0 aromatic heterocycles. The molecule has 2 rings (SSSR count). The normalized spacial score (nSPS) is 15.1. The lowest BCUT2D eigenvalue weighted by Crippen LogP contribution is -2.35. The predicted molar refractivity (Wildman–Crippen MR) is 101 cm³/mol. The number of rotatable bonds is 7. The third-order valence-corrected chi connectivity index (χ3v) is 4.61. The maximum Gasteiger partial charge on any atom is 0.253 e. The van der Waals surface area contributed by atoms with Crippen LogP contribution in [0.2, 0.25) is 0 Å². The second-order valence-corrected chi connectivity index (χ2v) is 6.60. The smallest absolute Gasteiger partial charge is 0.253 e. The Balaban J connectivity index is 2.23. The summed E-state index contributed by atoms with van der Waals surface area (Å²) in [6.07, 6.45) is 2.21. The van der Waals surface area contributed by atoms with E-state index in [1.54, 1.807) is 13.2 Å². The van der Waals surface area contributed by atoms with E-state index in [0.29, 0.717) is 30.3 Å². The number of nitrogens with zero attached hydrogens (tertiary/aromatic N) is 1. The van der Waals surface area contributed by atoms with Crippen LogP contribution in [0.15, 0.2) is 18.2 Å². The molecule has 1 aliphatic heterocycles. The van der Waals surface area contributed by atoms with Crippen LogP contribution in [0.1, 0.15) is 30.1 Å². The highest BCUT2D eigenvalue weighted by Crippen LogP contribution is 2.28. The van der Waals surface area contributed by atoms with Crippen molar-refractivity contribution in [3.63, 3.8) is 0 Å². The molecule has 1 saturated heterocycles. The first kappa shape index (κ1) is 19.5. The van der Waals surface area contributed by atoms with Crippen molar-refractivity contribution in [3.05, 3.63) is 23.8 Å². The number of carbonyl (C=O) groups is 2. The topological polar surface area (TPSA) is 70.7 Å². The van der Waals surface area contributed by atoms with Crippen molar-refractivity contribution < 1.29 is 14.3 Å². The molecule has 0 saturated carbocycles. The highest BCUT2D eigenvalue weighted by Gasteiger charge is 2.21. The molecular formula is C18H26ClN3O3. The van der Waals surface area contributed by atoms with Gasteiger partial charge in [-0.05, 0) is 37.0 Å². The van der Waals surface area contributed by atoms with Crippen LogP contribution in [0.3, 0.4) is 0 Å². The zero-order valence-electron chi connectivity index (χ0n) is 14.8. The minimum absolute atomic E-state index is 0.124. The number of methoxy groups -OCH3 is 1. The quantitative estimate of drug-likeness (QED) is 0.573. The van der Waals surface area contributed by atoms with Gasteiger partial charge in [0, 0.05) is 38.1 Å². The van der Waals surface area contributed by atoms with E-state index in [9.17, 15) is 9.59 Å². The van der Waals surface area contributed by atoms with Gasteiger partial charge in [0.1, 0.15) is 5.88 Å². The van der Waals surface area contributed by atoms with Crippen molar-refractivity contribution in [1.82, 2.24) is 5.32 Å². The lowest BCUT2D eigenvalue weighted by molar-refractivity contribution is -0.113. The molecule has 25 heavy (non-hydrogen) atoms. The number of piperidine rings is 1. The Hall–Kier alpha value is -1.79. The zero-order valence-corrected chi connectivity index (χ0v) is 15.6. The SMILES string of the molecule is COCCNC(=O)c1cc(NC(=O)CCl)ccc1N1CCC(C)CC1. The number of carbonyl (C=O) groups excluding carboxylic acids is 2. The van der Waals surface area contributed by atoms with E-state index in [4.69, 9.17) is 16.3 Å². The summed E-state index contributed by atoms with van der Waals surface area (Å²) >= 11 is 5.54. The summed E-state index contributed by atoms with van der Waals surface area (Å²) in [6, 6.07) is 5.41. The van der Waals surface area contributed by atoms with Crippen LogP contribution in [-0.4, -0.2) is 51.0 Å². The molecule has 6 nitrogen and oxygen atoms in total. The lowest BCUT2D eigenvalue weighted by Gasteiger charge is -2.33. The average molecular weight is 368 g/mol. The Morgan fingerprint density at radius 2 is 2.04 bits per heavy atom. The van der Waals surface area contributed by atoms with E-state index in [1.807, 2.05) is 12.1 Å². The molecule has 0 atom stereocenters. The van der Waals surface area contributed by atoms with Crippen LogP contribution in [0.4, 0.5) is 11.4 Å². The highest BCUT2D eigenvalue weighted by molar-refractivity contribution is 6.29. The third-order valence-electron chi connectivity index (χ3n) is 4.36. The predicted octanol–water partition coefficient (Wildman–Crippen LogP) is 2.48. The lowest BCUT2D eigenvalue weighted by atomic mass is 9.98. The number of halogens is 1. The van der Waals surface area contributed by atoms with Crippen LogP contribution in [0.25, 0.3) is 0 Å². The van der Waals surface area contributed by atoms with Gasteiger partial charge in [-0.15, -0.1) is 11.6 Å². The van der Waals surface area contributed by atoms with Gasteiger partial charge in [0.25, 0.3) is 5.91 Å². The second-order valence-electron chi connectivity index (χ2n) is 6.33. The van der Waals surface area contributed by atoms with Crippen LogP contribution < -0.4 is 15.5 Å². The summed E-state index contributed by atoms with van der Waals surface area (Å²) in [5.41, 5.74) is 2.01. The van der Waals surface area contributed by atoms with Gasteiger partial charge < -0.3 is 20.3 Å². The van der Waals surface area contributed by atoms with Gasteiger partial charge in [-0.3, -0.25) is 9.59 Å². The molecule has 2 amide bonds. The number of hydrogen-bond donors (Lipinski definition) is 2. The minimum Gasteiger partial charge on any atom is -0.383 e. The van der Waals surface area contributed by atoms with Crippen molar-refractivity contribution in [2.45, 2.75) is 19.8 Å². The fourth-order valence-corrected chi connectivity index (χ4v) is 2.94. The van der Waals surface area contributed by atoms with Gasteiger partial charge >= 0.3 is 0 Å². The zero-order chi connectivity index (χ0) is 18.2. The van der Waals surface area contributed by atoms with E-state index < -0.39 is 0 Å². The van der Waals surface area contributed by atoms with Crippen molar-refractivity contribution in [1.29, 1.82) is 0 Å². The first-order chi connectivity index (χ1) is 12.0. The molecule has 0 bridgehead atoms. The van der Waals surface area contributed by atoms with Gasteiger partial charge in [0.2, 0.25) is 5.91 Å². The fourth-order valence-electron chi connectivity index (χ4n) is 2.88. The number of anilines is 2. The van der Waals surface area contributed by atoms with Crippen molar-refractivity contribution in [2.75, 3.05) is 49.4 Å². The number of alkyl halides is 1. The molecule has 1 fully saturated rings. The maximum absolute atomic E-state index is 12.6. The first-order valence-corrected chi connectivity index (χ1v) is 9.10. The van der Waals surface area contributed by atoms with Gasteiger partial charge in [-0.1, -0.05) is 6.92 Å². The van der Waals surface area contributed by atoms with E-state index in [-0.39, 0.29) is 17.7 Å². The molecule has 0 unspecified atom stereocenters. The van der Waals surface area contributed by atoms with Gasteiger partial charge in [-0.25, -0.2) is 0 Å². The molecule has 0 spiro atoms. The number of nitrogens with one attached hydrogen (secondary N) is 2. The third kappa shape index (κ3) is 5.61. The summed E-state index contributed by atoms with van der Waals surface area (Å²) in [6.45, 7) is 4.98. The molecule has 7 heteroatoms. The summed E-state index contributed by atoms with van der Waals surface area (Å²) in [4.78, 5) is 26.4. The second kappa shape index (κ2) is 9.63. The highest BCUT2D eigenvalue weighted by atomic mass is 35.5. The maximum atomic E-state index is 12.6. The molecule has 1 aromatic carbocycles. The molecule has 1 heterocycles. The first-order valence-electron chi connectivity index (χ1n) is 8.57. The van der Waals surface area contributed by atoms with Crippen LogP contribution in [0, 0.1) is 5.92 Å². The molecule has 1 aliphatic rings. The van der Waals surface area contributed by atoms with E-state index in [1.165, 1.54) is 0 Å². The van der Waals surface area contributed by atoms with E-state index >= 15 is 0 Å². The summed E-state index contributed by atoms with van der Waals surface area (Å²) < 4.78 is 4.98. The van der Waals surface area contributed by atoms with Gasteiger partial charge in [0.15, 0.2) is 0 Å². The fraction of sp³-hybridized carbons (Fsp3) is 0.556. The Labute approximate surface area is 153 Å². The molecule has 0 radical (unpaired) electrons. The van der Waals surface area contributed by atoms with Crippen molar-refractivity contribution in [3.8, 4) is 0 Å². The van der Waals surface area contributed by atoms with Crippen LogP contribution >= 0.6 is 11.6 Å². The molecule has 1 aromatic rings. The van der Waals surface area contributed by atoms with Crippen molar-refractivity contribution in [2.24, 2.45) is 5.92 Å². The van der Waals surface area contributed by atoms with Crippen LogP contribution in [0.5, 0.6) is 0 Å². The van der Waals surface area contributed by atoms with E-state index in [2.05, 4.69) is 22.5 Å². The Morgan fingerprint density at radius 1 is 1.32 bits per heavy atom.